The first-order chi connectivity index (χ1) is 16.9. The number of amides is 3. The van der Waals surface area contributed by atoms with Crippen LogP contribution in [-0.2, 0) is 27.5 Å². The number of nitrogens with two attached hydrogens (primary N) is 1. The van der Waals surface area contributed by atoms with Crippen molar-refractivity contribution in [1.29, 1.82) is 0 Å². The Morgan fingerprint density at radius 2 is 1.83 bits per heavy atom. The van der Waals surface area contributed by atoms with Gasteiger partial charge < -0.3 is 16.0 Å². The zero-order valence-corrected chi connectivity index (χ0v) is 20.2. The highest BCUT2D eigenvalue weighted by Gasteiger charge is 2.37. The van der Waals surface area contributed by atoms with E-state index in [1.54, 1.807) is 6.07 Å². The highest BCUT2D eigenvalue weighted by Crippen LogP contribution is 2.30. The molecule has 0 saturated carbocycles. The van der Waals surface area contributed by atoms with Crippen molar-refractivity contribution in [3.63, 3.8) is 0 Å². The fourth-order valence-electron chi connectivity index (χ4n) is 3.73. The lowest BCUT2D eigenvalue weighted by atomic mass is 10.0. The van der Waals surface area contributed by atoms with Crippen LogP contribution in [0.1, 0.15) is 28.5 Å². The van der Waals surface area contributed by atoms with E-state index in [1.165, 1.54) is 34.4 Å². The van der Waals surface area contributed by atoms with Gasteiger partial charge in [-0.2, -0.15) is 4.99 Å². The van der Waals surface area contributed by atoms with Crippen molar-refractivity contribution in [2.75, 3.05) is 0 Å². The highest BCUT2D eigenvalue weighted by molar-refractivity contribution is 8.15. The molecule has 4 rings (SSSR count). The van der Waals surface area contributed by atoms with E-state index in [2.05, 4.69) is 10.3 Å². The minimum Gasteiger partial charge on any atom is -0.378 e. The zero-order chi connectivity index (χ0) is 24.8. The Morgan fingerprint density at radius 1 is 1.09 bits per heavy atom. The van der Waals surface area contributed by atoms with Crippen LogP contribution in [0, 0.1) is 5.82 Å². The Hall–Kier alpha value is -3.50. The maximum absolute atomic E-state index is 15.0. The molecule has 3 N–H and O–H groups in total. The number of amidine groups is 1. The molecule has 7 nitrogen and oxygen atoms in total. The molecule has 0 saturated heterocycles. The van der Waals surface area contributed by atoms with Crippen LogP contribution in [-0.4, -0.2) is 33.0 Å². The first-order valence-corrected chi connectivity index (χ1v) is 12.6. The molecule has 1 aliphatic rings. The standard InChI is InChI=1S/C25H23FN4O3S2/c26-19-11-5-4-10-18(19)22(24(33)28-14-16-7-2-1-3-8-16)30(15-17-9-6-12-34-17)21(31)13-20-23(32)29-25(27)35-20/h1-12,20,22H,13-15H2,(H,28,33)(H2,27,29,32)/t20-,22+/m1/s1. The molecule has 0 radical (unpaired) electrons. The molecule has 0 spiro atoms. The summed E-state index contributed by atoms with van der Waals surface area (Å²) in [4.78, 5) is 45.0. The minimum absolute atomic E-state index is 0.0733. The topological polar surface area (TPSA) is 105 Å². The van der Waals surface area contributed by atoms with Gasteiger partial charge in [-0.05, 0) is 23.1 Å². The predicted molar refractivity (Wildman–Crippen MR) is 135 cm³/mol. The Kier molecular flexibility index (Phi) is 7.94. The van der Waals surface area contributed by atoms with Crippen molar-refractivity contribution in [1.82, 2.24) is 10.2 Å². The second kappa shape index (κ2) is 11.3. The van der Waals surface area contributed by atoms with Crippen LogP contribution < -0.4 is 11.1 Å². The maximum Gasteiger partial charge on any atom is 0.262 e. The highest BCUT2D eigenvalue weighted by atomic mass is 32.2. The summed E-state index contributed by atoms with van der Waals surface area (Å²) in [7, 11) is 0. The summed E-state index contributed by atoms with van der Waals surface area (Å²) < 4.78 is 15.0. The number of carbonyl (C=O) groups excluding carboxylic acids is 3. The van der Waals surface area contributed by atoms with Gasteiger partial charge in [0.25, 0.3) is 5.91 Å². The molecule has 2 atom stereocenters. The summed E-state index contributed by atoms with van der Waals surface area (Å²) in [6, 6.07) is 17.6. The molecule has 3 amide bonds. The van der Waals surface area contributed by atoms with Crippen LogP contribution in [0.25, 0.3) is 0 Å². The number of benzene rings is 2. The molecule has 2 aromatic carbocycles. The number of halogens is 1. The number of rotatable bonds is 9. The van der Waals surface area contributed by atoms with Crippen molar-refractivity contribution in [2.24, 2.45) is 10.7 Å². The molecule has 10 heteroatoms. The van der Waals surface area contributed by atoms with Crippen LogP contribution in [0.5, 0.6) is 0 Å². The quantitative estimate of drug-likeness (QED) is 0.458. The van der Waals surface area contributed by atoms with Gasteiger partial charge in [-0.25, -0.2) is 4.39 Å². The zero-order valence-electron chi connectivity index (χ0n) is 18.6. The second-order valence-corrected chi connectivity index (χ2v) is 10.1. The Labute approximate surface area is 210 Å². The largest absolute Gasteiger partial charge is 0.378 e. The van der Waals surface area contributed by atoms with Crippen LogP contribution in [0.4, 0.5) is 4.39 Å². The minimum atomic E-state index is -1.24. The molecular weight excluding hydrogens is 487 g/mol. The summed E-state index contributed by atoms with van der Waals surface area (Å²) in [5, 5.41) is 4.02. The third-order valence-electron chi connectivity index (χ3n) is 5.41. The second-order valence-electron chi connectivity index (χ2n) is 7.83. The summed E-state index contributed by atoms with van der Waals surface area (Å²) in [5.41, 5.74) is 6.58. The Balaban J connectivity index is 1.66. The third kappa shape index (κ3) is 6.14. The number of aliphatic imine (C=N–C) groups is 1. The van der Waals surface area contributed by atoms with E-state index < -0.39 is 34.8 Å². The number of hydrogen-bond acceptors (Lipinski definition) is 6. The lowest BCUT2D eigenvalue weighted by Gasteiger charge is -2.32. The van der Waals surface area contributed by atoms with Crippen LogP contribution >= 0.6 is 23.1 Å². The Morgan fingerprint density at radius 3 is 2.49 bits per heavy atom. The molecule has 2 heterocycles. The smallest absolute Gasteiger partial charge is 0.262 e. The molecule has 1 aliphatic heterocycles. The van der Waals surface area contributed by atoms with Crippen LogP contribution in [0.15, 0.2) is 77.1 Å². The molecule has 0 aliphatic carbocycles. The van der Waals surface area contributed by atoms with E-state index in [0.717, 1.165) is 22.2 Å². The van der Waals surface area contributed by atoms with Gasteiger partial charge in [-0.1, -0.05) is 66.4 Å². The number of nitrogens with one attached hydrogen (secondary N) is 1. The lowest BCUT2D eigenvalue weighted by molar-refractivity contribution is -0.142. The fraction of sp³-hybridized carbons (Fsp3) is 0.200. The van der Waals surface area contributed by atoms with E-state index in [0.29, 0.717) is 0 Å². The molecule has 180 valence electrons. The maximum atomic E-state index is 15.0. The van der Waals surface area contributed by atoms with Crippen molar-refractivity contribution in [2.45, 2.75) is 30.8 Å². The van der Waals surface area contributed by atoms with Crippen molar-refractivity contribution >= 4 is 46.0 Å². The number of thioether (sulfide) groups is 1. The Bertz CT molecular complexity index is 1230. The van der Waals surface area contributed by atoms with E-state index in [-0.39, 0.29) is 30.2 Å². The van der Waals surface area contributed by atoms with E-state index in [4.69, 9.17) is 5.73 Å². The van der Waals surface area contributed by atoms with Crippen LogP contribution in [0.2, 0.25) is 0 Å². The molecular formula is C25H23FN4O3S2. The molecule has 3 aromatic rings. The number of nitrogens with zero attached hydrogens (tertiary/aromatic N) is 2. The average molecular weight is 511 g/mol. The van der Waals surface area contributed by atoms with E-state index in [9.17, 15) is 18.8 Å². The first kappa shape index (κ1) is 24.6. The molecule has 0 bridgehead atoms. The molecule has 1 aromatic heterocycles. The van der Waals surface area contributed by atoms with Crippen molar-refractivity contribution < 1.29 is 18.8 Å². The van der Waals surface area contributed by atoms with Gasteiger partial charge in [0.1, 0.15) is 17.1 Å². The number of thiophene rings is 1. The fourth-order valence-corrected chi connectivity index (χ4v) is 5.25. The van der Waals surface area contributed by atoms with Gasteiger partial charge in [0.15, 0.2) is 5.17 Å². The summed E-state index contributed by atoms with van der Waals surface area (Å²) in [6.07, 6.45) is -0.212. The predicted octanol–water partition coefficient (Wildman–Crippen LogP) is 3.62. The SMILES string of the molecule is NC1=NC(=O)[C@@H](CC(=O)N(Cc2cccs2)[C@H](C(=O)NCc2ccccc2)c2ccccc2F)S1. The first-order valence-electron chi connectivity index (χ1n) is 10.8. The van der Waals surface area contributed by atoms with Gasteiger partial charge in [0.2, 0.25) is 11.8 Å². The normalized spacial score (nSPS) is 16.0. The summed E-state index contributed by atoms with van der Waals surface area (Å²) in [5.74, 6) is -2.09. The molecule has 0 unspecified atom stereocenters. The lowest BCUT2D eigenvalue weighted by Crippen LogP contribution is -2.44. The van der Waals surface area contributed by atoms with Gasteiger partial charge >= 0.3 is 0 Å². The van der Waals surface area contributed by atoms with Gasteiger partial charge in [0, 0.05) is 23.4 Å². The molecule has 0 fully saturated rings. The van der Waals surface area contributed by atoms with Crippen molar-refractivity contribution in [3.8, 4) is 0 Å². The van der Waals surface area contributed by atoms with Gasteiger partial charge in [-0.15, -0.1) is 11.3 Å². The molecule has 35 heavy (non-hydrogen) atoms. The summed E-state index contributed by atoms with van der Waals surface area (Å²) >= 11 is 2.43. The van der Waals surface area contributed by atoms with E-state index >= 15 is 0 Å². The average Bonchev–Trinajstić information content (AvgIpc) is 3.47. The van der Waals surface area contributed by atoms with Crippen LogP contribution in [0.3, 0.4) is 0 Å². The number of carbonyl (C=O) groups is 3. The summed E-state index contributed by atoms with van der Waals surface area (Å²) in [6.45, 7) is 0.295. The van der Waals surface area contributed by atoms with E-state index in [1.807, 2.05) is 47.8 Å². The number of hydrogen-bond donors (Lipinski definition) is 2. The third-order valence-corrected chi connectivity index (χ3v) is 7.26. The monoisotopic (exact) mass is 510 g/mol. The van der Waals surface area contributed by atoms with Crippen molar-refractivity contribution in [3.05, 3.63) is 93.9 Å². The van der Waals surface area contributed by atoms with Gasteiger partial charge in [0.05, 0.1) is 6.54 Å². The van der Waals surface area contributed by atoms with Gasteiger partial charge in [-0.3, -0.25) is 14.4 Å².